The molecule has 2 aliphatic heterocycles. The van der Waals surface area contributed by atoms with Gasteiger partial charge in [-0.1, -0.05) is 146 Å². The van der Waals surface area contributed by atoms with Crippen molar-refractivity contribution in [2.75, 3.05) is 4.90 Å². The highest BCUT2D eigenvalue weighted by Gasteiger charge is 2.38. The van der Waals surface area contributed by atoms with E-state index in [1.165, 1.54) is 53.8 Å². The quantitative estimate of drug-likeness (QED) is 0.184. The number of fused-ring (bicyclic) bond motifs is 9. The predicted molar refractivity (Wildman–Crippen MR) is 237 cm³/mol. The molecule has 6 heteroatoms. The lowest BCUT2D eigenvalue weighted by atomic mass is 9.91. The first-order valence-electron chi connectivity index (χ1n) is 19.6. The molecule has 0 amide bonds. The number of nitrogens with zero attached hydrogens (tertiary/aromatic N) is 2. The highest BCUT2D eigenvalue weighted by atomic mass is 32.1. The van der Waals surface area contributed by atoms with E-state index < -0.39 is 0 Å². The largest absolute Gasteiger partial charge is 0.456 e. The summed E-state index contributed by atoms with van der Waals surface area (Å²) in [7, 11) is 0. The molecule has 3 aliphatic rings. The van der Waals surface area contributed by atoms with E-state index >= 15 is 0 Å². The molecule has 4 atom stereocenters. The third-order valence-electron chi connectivity index (χ3n) is 11.9. The van der Waals surface area contributed by atoms with E-state index in [9.17, 15) is 0 Å². The lowest BCUT2D eigenvalue weighted by Crippen LogP contribution is -2.44. The minimum Gasteiger partial charge on any atom is -0.456 e. The zero-order valence-electron chi connectivity index (χ0n) is 30.8. The van der Waals surface area contributed by atoms with E-state index in [0.717, 1.165) is 38.9 Å². The second-order valence-electron chi connectivity index (χ2n) is 15.1. The van der Waals surface area contributed by atoms with Crippen LogP contribution in [0.5, 0.6) is 0 Å². The van der Waals surface area contributed by atoms with Gasteiger partial charge in [-0.2, -0.15) is 0 Å². The van der Waals surface area contributed by atoms with Gasteiger partial charge in [-0.25, -0.2) is 4.99 Å². The summed E-state index contributed by atoms with van der Waals surface area (Å²) >= 11 is 1.84. The molecule has 4 heterocycles. The van der Waals surface area contributed by atoms with Crippen molar-refractivity contribution in [3.63, 3.8) is 0 Å². The van der Waals surface area contributed by atoms with Gasteiger partial charge in [0.25, 0.3) is 0 Å². The first-order chi connectivity index (χ1) is 28.2. The number of allylic oxidation sites excluding steroid dienone is 2. The number of hydrogen-bond acceptors (Lipinski definition) is 6. The van der Waals surface area contributed by atoms with Crippen molar-refractivity contribution in [1.82, 2.24) is 10.6 Å². The summed E-state index contributed by atoms with van der Waals surface area (Å²) in [6.45, 7) is 0. The zero-order chi connectivity index (χ0) is 37.5. The fourth-order valence-electron chi connectivity index (χ4n) is 9.28. The van der Waals surface area contributed by atoms with Gasteiger partial charge >= 0.3 is 0 Å². The van der Waals surface area contributed by atoms with Crippen LogP contribution in [0.1, 0.15) is 40.5 Å². The first-order valence-corrected chi connectivity index (χ1v) is 20.4. The molecule has 5 nitrogen and oxygen atoms in total. The molecule has 7 aromatic carbocycles. The zero-order valence-corrected chi connectivity index (χ0v) is 31.7. The Hall–Kier alpha value is -6.73. The van der Waals surface area contributed by atoms with Gasteiger partial charge in [0.2, 0.25) is 0 Å². The van der Waals surface area contributed by atoms with Crippen LogP contribution in [0.4, 0.5) is 11.4 Å². The van der Waals surface area contributed by atoms with Crippen LogP contribution in [0.25, 0.3) is 53.2 Å². The lowest BCUT2D eigenvalue weighted by molar-refractivity contribution is 0.409. The van der Waals surface area contributed by atoms with Gasteiger partial charge in [0.15, 0.2) is 0 Å². The predicted octanol–water partition coefficient (Wildman–Crippen LogP) is 12.7. The fraction of sp³-hybridized carbons (Fsp3) is 0.0784. The molecule has 0 fully saturated rings. The van der Waals surface area contributed by atoms with Crippen LogP contribution in [0.2, 0.25) is 0 Å². The SMILES string of the molecule is C1=CC2c3ccccc3N(c3cccc4oc5cccc(-c6ccc7c(c6)sc6cc(C8=NC(c9ccccc9)NC(c9ccccc9)N8)ccc67)c5c34)C2C=C1. The maximum absolute atomic E-state index is 6.64. The number of nitrogens with one attached hydrogen (secondary N) is 2. The highest BCUT2D eigenvalue weighted by molar-refractivity contribution is 7.25. The smallest absolute Gasteiger partial charge is 0.137 e. The molecule has 0 saturated heterocycles. The van der Waals surface area contributed by atoms with Crippen molar-refractivity contribution in [2.24, 2.45) is 4.99 Å². The standard InChI is InChI=1S/C51H36N4OS/c1-3-13-31(14-4-1)49-52-50(32-15-5-2-6-16-32)54-51(53-49)34-26-28-39-38-27-25-33(29-45(38)57-46(39)30-34)35-19-11-23-43-47(35)48-42(22-12-24-44(48)56-43)55-40-20-9-7-17-36(40)37-18-8-10-21-41(37)55/h1-30,36,40,49-50,52H,(H,53,54). The molecule has 57 heavy (non-hydrogen) atoms. The number of para-hydroxylation sites is 1. The van der Waals surface area contributed by atoms with Crippen LogP contribution < -0.4 is 15.5 Å². The Morgan fingerprint density at radius 1 is 0.579 bits per heavy atom. The van der Waals surface area contributed by atoms with Gasteiger partial charge in [0.1, 0.15) is 29.3 Å². The van der Waals surface area contributed by atoms with Gasteiger partial charge < -0.3 is 14.6 Å². The third kappa shape index (κ3) is 5.22. The number of thiophene rings is 1. The molecule has 0 radical (unpaired) electrons. The van der Waals surface area contributed by atoms with Crippen molar-refractivity contribution >= 4 is 70.7 Å². The van der Waals surface area contributed by atoms with E-state index in [-0.39, 0.29) is 18.4 Å². The number of amidine groups is 1. The summed E-state index contributed by atoms with van der Waals surface area (Å²) in [5, 5.41) is 12.2. The molecule has 9 aromatic rings. The molecule has 0 saturated carbocycles. The third-order valence-corrected chi connectivity index (χ3v) is 13.0. The monoisotopic (exact) mass is 752 g/mol. The number of furan rings is 1. The Morgan fingerprint density at radius 3 is 2.07 bits per heavy atom. The van der Waals surface area contributed by atoms with Crippen LogP contribution >= 0.6 is 11.3 Å². The van der Waals surface area contributed by atoms with Crippen LogP contribution in [-0.4, -0.2) is 11.9 Å². The summed E-state index contributed by atoms with van der Waals surface area (Å²) < 4.78 is 9.13. The number of anilines is 2. The van der Waals surface area contributed by atoms with Crippen LogP contribution in [0, 0.1) is 0 Å². The molecule has 0 spiro atoms. The van der Waals surface area contributed by atoms with E-state index in [2.05, 4.69) is 191 Å². The van der Waals surface area contributed by atoms with Crippen LogP contribution in [-0.2, 0) is 0 Å². The van der Waals surface area contributed by atoms with Crippen LogP contribution in [0.15, 0.2) is 191 Å². The van der Waals surface area contributed by atoms with E-state index in [1.54, 1.807) is 0 Å². The van der Waals surface area contributed by atoms with Gasteiger partial charge in [0, 0.05) is 42.7 Å². The minimum atomic E-state index is -0.173. The van der Waals surface area contributed by atoms with E-state index in [1.807, 2.05) is 17.4 Å². The molecule has 2 aromatic heterocycles. The topological polar surface area (TPSA) is 52.8 Å². The highest BCUT2D eigenvalue weighted by Crippen LogP contribution is 2.51. The maximum atomic E-state index is 6.64. The van der Waals surface area contributed by atoms with Crippen molar-refractivity contribution < 1.29 is 4.42 Å². The Balaban J connectivity index is 0.963. The van der Waals surface area contributed by atoms with Crippen molar-refractivity contribution in [3.8, 4) is 11.1 Å². The number of aliphatic imine (C=N–C) groups is 1. The normalized spacial score (nSPS) is 19.9. The molecule has 4 unspecified atom stereocenters. The van der Waals surface area contributed by atoms with Gasteiger partial charge in [0.05, 0.1) is 17.1 Å². The summed E-state index contributed by atoms with van der Waals surface area (Å²) in [6, 6.07) is 56.7. The Morgan fingerprint density at radius 2 is 1.25 bits per heavy atom. The molecule has 1 aliphatic carbocycles. The van der Waals surface area contributed by atoms with Crippen molar-refractivity contribution in [1.29, 1.82) is 0 Å². The average Bonchev–Trinajstić information content (AvgIpc) is 3.96. The molecule has 272 valence electrons. The summed E-state index contributed by atoms with van der Waals surface area (Å²) in [5.41, 5.74) is 11.3. The maximum Gasteiger partial charge on any atom is 0.137 e. The lowest BCUT2D eigenvalue weighted by Gasteiger charge is -2.32. The number of benzene rings is 7. The molecule has 0 bridgehead atoms. The number of rotatable bonds is 5. The average molecular weight is 753 g/mol. The van der Waals surface area contributed by atoms with Crippen molar-refractivity contribution in [2.45, 2.75) is 24.3 Å². The fourth-order valence-corrected chi connectivity index (χ4v) is 10.5. The summed E-state index contributed by atoms with van der Waals surface area (Å²) in [5.74, 6) is 1.20. The van der Waals surface area contributed by atoms with E-state index in [4.69, 9.17) is 9.41 Å². The molecule has 2 N–H and O–H groups in total. The van der Waals surface area contributed by atoms with Crippen LogP contribution in [0.3, 0.4) is 0 Å². The summed E-state index contributed by atoms with van der Waals surface area (Å²) in [4.78, 5) is 7.73. The summed E-state index contributed by atoms with van der Waals surface area (Å²) in [6.07, 6.45) is 8.79. The molecular formula is C51H36N4OS. The Bertz CT molecular complexity index is 3120. The number of hydrogen-bond donors (Lipinski definition) is 2. The Labute approximate surface area is 333 Å². The second-order valence-corrected chi connectivity index (χ2v) is 16.2. The van der Waals surface area contributed by atoms with Gasteiger partial charge in [-0.05, 0) is 64.2 Å². The first kappa shape index (κ1) is 32.5. The minimum absolute atomic E-state index is 0.0793. The van der Waals surface area contributed by atoms with Gasteiger partial charge in [-0.15, -0.1) is 11.3 Å². The van der Waals surface area contributed by atoms with E-state index in [0.29, 0.717) is 5.92 Å². The molecular weight excluding hydrogens is 717 g/mol. The Kier molecular flexibility index (Phi) is 7.37. The second kappa shape index (κ2) is 12.9. The van der Waals surface area contributed by atoms with Gasteiger partial charge in [-0.3, -0.25) is 5.32 Å². The van der Waals surface area contributed by atoms with Crippen molar-refractivity contribution in [3.05, 3.63) is 204 Å². The molecule has 12 rings (SSSR count).